The lowest BCUT2D eigenvalue weighted by Crippen LogP contribution is -1.97. The minimum atomic E-state index is 0.761. The summed E-state index contributed by atoms with van der Waals surface area (Å²) in [5.74, 6) is 0.882. The number of benzene rings is 1. The molecular formula is C17H15N3O. The van der Waals surface area contributed by atoms with Crippen molar-refractivity contribution >= 4 is 16.6 Å². The highest BCUT2D eigenvalue weighted by Gasteiger charge is 2.06. The lowest BCUT2D eigenvalue weighted by Gasteiger charge is -2.04. The Morgan fingerprint density at radius 2 is 2.05 bits per heavy atom. The lowest BCUT2D eigenvalue weighted by molar-refractivity contribution is 0.415. The highest BCUT2D eigenvalue weighted by Crippen LogP contribution is 2.22. The van der Waals surface area contributed by atoms with Crippen LogP contribution in [0.1, 0.15) is 5.69 Å². The standard InChI is InChI=1S/C17H15N3O/c1-21-15-5-6-16-13(10-15)7-9-19(16)11-14-12-20-8-3-2-4-17(20)18-14/h2-10,12H,11H2,1H3. The molecule has 0 spiro atoms. The molecule has 0 N–H and O–H groups in total. The molecule has 0 aliphatic heterocycles. The first kappa shape index (κ1) is 12.0. The molecule has 3 aromatic heterocycles. The summed E-state index contributed by atoms with van der Waals surface area (Å²) in [5, 5.41) is 1.18. The molecular weight excluding hydrogens is 262 g/mol. The maximum absolute atomic E-state index is 5.26. The Labute approximate surface area is 122 Å². The predicted octanol–water partition coefficient (Wildman–Crippen LogP) is 3.35. The first-order valence-corrected chi connectivity index (χ1v) is 6.89. The number of rotatable bonds is 3. The van der Waals surface area contributed by atoms with Crippen molar-refractivity contribution in [3.05, 3.63) is 66.7 Å². The van der Waals surface area contributed by atoms with Gasteiger partial charge in [0.15, 0.2) is 0 Å². The topological polar surface area (TPSA) is 31.5 Å². The van der Waals surface area contributed by atoms with Crippen LogP contribution in [0.4, 0.5) is 0 Å². The predicted molar refractivity (Wildman–Crippen MR) is 82.8 cm³/mol. The number of ether oxygens (including phenoxy) is 1. The summed E-state index contributed by atoms with van der Waals surface area (Å²) in [6, 6.07) is 14.3. The molecule has 0 atom stereocenters. The number of nitrogens with zero attached hydrogens (tertiary/aromatic N) is 3. The van der Waals surface area contributed by atoms with E-state index in [1.807, 2.05) is 34.9 Å². The normalized spacial score (nSPS) is 11.3. The molecule has 0 saturated heterocycles. The minimum absolute atomic E-state index is 0.761. The van der Waals surface area contributed by atoms with Crippen LogP contribution >= 0.6 is 0 Å². The minimum Gasteiger partial charge on any atom is -0.497 e. The van der Waals surface area contributed by atoms with Crippen molar-refractivity contribution in [2.75, 3.05) is 7.11 Å². The molecule has 21 heavy (non-hydrogen) atoms. The average Bonchev–Trinajstić information content (AvgIpc) is 3.10. The molecule has 4 rings (SSSR count). The highest BCUT2D eigenvalue weighted by atomic mass is 16.5. The van der Waals surface area contributed by atoms with Crippen LogP contribution in [0, 0.1) is 0 Å². The first-order chi connectivity index (χ1) is 10.3. The Morgan fingerprint density at radius 3 is 2.90 bits per heavy atom. The number of aromatic nitrogens is 3. The molecule has 0 aliphatic rings. The fourth-order valence-corrected chi connectivity index (χ4v) is 2.68. The largest absolute Gasteiger partial charge is 0.497 e. The van der Waals surface area contributed by atoms with Gasteiger partial charge < -0.3 is 13.7 Å². The summed E-state index contributed by atoms with van der Waals surface area (Å²) >= 11 is 0. The van der Waals surface area contributed by atoms with E-state index in [4.69, 9.17) is 4.74 Å². The second-order valence-electron chi connectivity index (χ2n) is 5.07. The summed E-state index contributed by atoms with van der Waals surface area (Å²) in [7, 11) is 1.69. The maximum Gasteiger partial charge on any atom is 0.137 e. The van der Waals surface area contributed by atoms with Gasteiger partial charge in [0.05, 0.1) is 19.3 Å². The molecule has 4 heteroatoms. The molecule has 0 aliphatic carbocycles. The van der Waals surface area contributed by atoms with Gasteiger partial charge in [-0.1, -0.05) is 6.07 Å². The van der Waals surface area contributed by atoms with E-state index < -0.39 is 0 Å². The maximum atomic E-state index is 5.26. The molecule has 4 aromatic rings. The number of hydrogen-bond acceptors (Lipinski definition) is 2. The lowest BCUT2D eigenvalue weighted by atomic mass is 10.2. The summed E-state index contributed by atoms with van der Waals surface area (Å²) < 4.78 is 9.52. The van der Waals surface area contributed by atoms with Crippen LogP contribution in [0.5, 0.6) is 5.75 Å². The summed E-state index contributed by atoms with van der Waals surface area (Å²) in [6.07, 6.45) is 6.18. The van der Waals surface area contributed by atoms with Crippen LogP contribution in [-0.4, -0.2) is 21.1 Å². The highest BCUT2D eigenvalue weighted by molar-refractivity contribution is 5.81. The van der Waals surface area contributed by atoms with Crippen molar-refractivity contribution in [2.24, 2.45) is 0 Å². The average molecular weight is 277 g/mol. The van der Waals surface area contributed by atoms with Gasteiger partial charge in [-0.25, -0.2) is 4.98 Å². The van der Waals surface area contributed by atoms with Gasteiger partial charge >= 0.3 is 0 Å². The first-order valence-electron chi connectivity index (χ1n) is 6.89. The molecule has 0 fully saturated rings. The quantitative estimate of drug-likeness (QED) is 0.575. The third-order valence-electron chi connectivity index (χ3n) is 3.72. The summed E-state index contributed by atoms with van der Waals surface area (Å²) in [5.41, 5.74) is 3.22. The van der Waals surface area contributed by atoms with E-state index in [1.165, 1.54) is 10.9 Å². The Bertz CT molecular complexity index is 887. The Kier molecular flexibility index (Phi) is 2.67. The number of fused-ring (bicyclic) bond motifs is 2. The zero-order valence-corrected chi connectivity index (χ0v) is 11.7. The van der Waals surface area contributed by atoms with Gasteiger partial charge in [-0.3, -0.25) is 0 Å². The van der Waals surface area contributed by atoms with Crippen LogP contribution in [0.3, 0.4) is 0 Å². The number of imidazole rings is 1. The second-order valence-corrected chi connectivity index (χ2v) is 5.07. The van der Waals surface area contributed by atoms with Gasteiger partial charge in [0, 0.05) is 29.5 Å². The zero-order chi connectivity index (χ0) is 14.2. The summed E-state index contributed by atoms with van der Waals surface area (Å²) in [4.78, 5) is 4.65. The smallest absolute Gasteiger partial charge is 0.137 e. The van der Waals surface area contributed by atoms with Gasteiger partial charge in [-0.05, 0) is 36.4 Å². The van der Waals surface area contributed by atoms with E-state index in [9.17, 15) is 0 Å². The molecule has 1 aromatic carbocycles. The Morgan fingerprint density at radius 1 is 1.10 bits per heavy atom. The third-order valence-corrected chi connectivity index (χ3v) is 3.72. The molecule has 0 radical (unpaired) electrons. The van der Waals surface area contributed by atoms with Gasteiger partial charge in [0.2, 0.25) is 0 Å². The van der Waals surface area contributed by atoms with Crippen LogP contribution in [-0.2, 0) is 6.54 Å². The van der Waals surface area contributed by atoms with E-state index in [2.05, 4.69) is 40.1 Å². The Hall–Kier alpha value is -2.75. The molecule has 3 heterocycles. The van der Waals surface area contributed by atoms with E-state index in [-0.39, 0.29) is 0 Å². The van der Waals surface area contributed by atoms with E-state index in [1.54, 1.807) is 7.11 Å². The molecule has 104 valence electrons. The van der Waals surface area contributed by atoms with Crippen molar-refractivity contribution in [3.63, 3.8) is 0 Å². The van der Waals surface area contributed by atoms with Gasteiger partial charge in [-0.15, -0.1) is 0 Å². The fourth-order valence-electron chi connectivity index (χ4n) is 2.68. The molecule has 0 saturated carbocycles. The fraction of sp³-hybridized carbons (Fsp3) is 0.118. The van der Waals surface area contributed by atoms with Crippen LogP contribution < -0.4 is 4.74 Å². The van der Waals surface area contributed by atoms with E-state index in [0.717, 1.165) is 23.6 Å². The zero-order valence-electron chi connectivity index (χ0n) is 11.7. The van der Waals surface area contributed by atoms with E-state index >= 15 is 0 Å². The van der Waals surface area contributed by atoms with Crippen molar-refractivity contribution in [2.45, 2.75) is 6.54 Å². The number of methoxy groups -OCH3 is 1. The third kappa shape index (κ3) is 2.05. The van der Waals surface area contributed by atoms with Gasteiger partial charge in [0.25, 0.3) is 0 Å². The molecule has 0 bridgehead atoms. The van der Waals surface area contributed by atoms with Crippen molar-refractivity contribution < 1.29 is 4.74 Å². The second kappa shape index (κ2) is 4.66. The van der Waals surface area contributed by atoms with Crippen LogP contribution in [0.15, 0.2) is 61.1 Å². The van der Waals surface area contributed by atoms with Crippen LogP contribution in [0.2, 0.25) is 0 Å². The van der Waals surface area contributed by atoms with Gasteiger partial charge in [0.1, 0.15) is 11.4 Å². The number of hydrogen-bond donors (Lipinski definition) is 0. The van der Waals surface area contributed by atoms with Gasteiger partial charge in [-0.2, -0.15) is 0 Å². The van der Waals surface area contributed by atoms with Crippen molar-refractivity contribution in [3.8, 4) is 5.75 Å². The van der Waals surface area contributed by atoms with Crippen LogP contribution in [0.25, 0.3) is 16.6 Å². The molecule has 4 nitrogen and oxygen atoms in total. The summed E-state index contributed by atoms with van der Waals surface area (Å²) in [6.45, 7) is 0.761. The molecule has 0 amide bonds. The van der Waals surface area contributed by atoms with E-state index in [0.29, 0.717) is 0 Å². The number of pyridine rings is 1. The monoisotopic (exact) mass is 277 g/mol. The SMILES string of the molecule is COc1ccc2c(ccn2Cc2cn3ccccc3n2)c1. The Balaban J connectivity index is 1.73. The van der Waals surface area contributed by atoms with Crippen molar-refractivity contribution in [1.29, 1.82) is 0 Å². The van der Waals surface area contributed by atoms with Crippen molar-refractivity contribution in [1.82, 2.24) is 14.0 Å². The molecule has 0 unspecified atom stereocenters.